The van der Waals surface area contributed by atoms with Gasteiger partial charge in [0.1, 0.15) is 11.4 Å². The summed E-state index contributed by atoms with van der Waals surface area (Å²) in [7, 11) is -1.66. The molecule has 0 radical (unpaired) electrons. The highest BCUT2D eigenvalue weighted by Gasteiger charge is 2.43. The van der Waals surface area contributed by atoms with Crippen LogP contribution < -0.4 is 20.5 Å². The van der Waals surface area contributed by atoms with Crippen LogP contribution in [0.4, 0.5) is 10.5 Å². The predicted molar refractivity (Wildman–Crippen MR) is 114 cm³/mol. The summed E-state index contributed by atoms with van der Waals surface area (Å²) in [6.45, 7) is 1.91. The normalized spacial score (nSPS) is 20.8. The number of anilines is 1. The second kappa shape index (κ2) is 7.90. The zero-order valence-electron chi connectivity index (χ0n) is 16.8. The lowest BCUT2D eigenvalue weighted by Crippen LogP contribution is -2.51. The molecule has 2 heterocycles. The minimum atomic E-state index is -3.77. The Morgan fingerprint density at radius 3 is 2.47 bits per heavy atom. The number of hydrogen-bond donors (Lipinski definition) is 3. The number of ether oxygens (including phenoxy) is 1. The van der Waals surface area contributed by atoms with Gasteiger partial charge < -0.3 is 20.3 Å². The van der Waals surface area contributed by atoms with Gasteiger partial charge in [-0.1, -0.05) is 18.2 Å². The van der Waals surface area contributed by atoms with Crippen LogP contribution in [0.25, 0.3) is 0 Å². The number of primary sulfonamides is 1. The molecule has 2 aliphatic rings. The molecule has 4 N–H and O–H groups in total. The molecule has 1 spiro atoms. The number of hydrogen-bond acceptors (Lipinski definition) is 5. The van der Waals surface area contributed by atoms with Crippen molar-refractivity contribution in [3.8, 4) is 5.75 Å². The van der Waals surface area contributed by atoms with Crippen molar-refractivity contribution in [3.05, 3.63) is 54.1 Å². The molecule has 1 fully saturated rings. The second-order valence-corrected chi connectivity index (χ2v) is 9.61. The van der Waals surface area contributed by atoms with Crippen molar-refractivity contribution < 1.29 is 17.9 Å². The van der Waals surface area contributed by atoms with Gasteiger partial charge in [-0.2, -0.15) is 0 Å². The highest BCUT2D eigenvalue weighted by atomic mass is 32.2. The van der Waals surface area contributed by atoms with E-state index in [1.54, 1.807) is 0 Å². The molecule has 9 heteroatoms. The van der Waals surface area contributed by atoms with Crippen molar-refractivity contribution >= 4 is 21.7 Å². The SMILES string of the molecule is CN1CCC2(CC1)CC(NC(=O)Nc1ccc(S(N)(=O)=O)cc1)c1ccccc1O2. The first-order chi connectivity index (χ1) is 14.2. The molecule has 0 aromatic heterocycles. The number of carbonyl (C=O) groups is 1. The fourth-order valence-electron chi connectivity index (χ4n) is 4.13. The molecule has 2 aromatic carbocycles. The Balaban J connectivity index is 1.49. The van der Waals surface area contributed by atoms with Crippen LogP contribution in [-0.4, -0.2) is 45.1 Å². The number of benzene rings is 2. The van der Waals surface area contributed by atoms with Gasteiger partial charge in [0, 0.05) is 30.8 Å². The van der Waals surface area contributed by atoms with E-state index in [1.165, 1.54) is 24.3 Å². The number of fused-ring (bicyclic) bond motifs is 1. The number of nitrogens with two attached hydrogens (primary N) is 1. The molecular weight excluding hydrogens is 404 g/mol. The van der Waals surface area contributed by atoms with Gasteiger partial charge >= 0.3 is 6.03 Å². The fourth-order valence-corrected chi connectivity index (χ4v) is 4.65. The number of sulfonamides is 1. The van der Waals surface area contributed by atoms with E-state index >= 15 is 0 Å². The number of piperidine rings is 1. The van der Waals surface area contributed by atoms with E-state index in [0.29, 0.717) is 12.1 Å². The molecule has 160 valence electrons. The monoisotopic (exact) mass is 430 g/mol. The summed E-state index contributed by atoms with van der Waals surface area (Å²) < 4.78 is 29.2. The van der Waals surface area contributed by atoms with Crippen LogP contribution in [-0.2, 0) is 10.0 Å². The van der Waals surface area contributed by atoms with E-state index in [4.69, 9.17) is 9.88 Å². The Morgan fingerprint density at radius 1 is 1.13 bits per heavy atom. The average Bonchev–Trinajstić information content (AvgIpc) is 2.70. The topological polar surface area (TPSA) is 114 Å². The molecule has 2 aromatic rings. The Kier molecular flexibility index (Phi) is 5.44. The van der Waals surface area contributed by atoms with Crippen LogP contribution in [0.1, 0.15) is 30.9 Å². The van der Waals surface area contributed by atoms with E-state index in [1.807, 2.05) is 24.3 Å². The molecule has 0 bridgehead atoms. The maximum Gasteiger partial charge on any atom is 0.319 e. The van der Waals surface area contributed by atoms with Gasteiger partial charge in [-0.3, -0.25) is 0 Å². The lowest BCUT2D eigenvalue weighted by Gasteiger charge is -2.46. The van der Waals surface area contributed by atoms with Crippen LogP contribution in [0.2, 0.25) is 0 Å². The number of nitrogens with zero attached hydrogens (tertiary/aromatic N) is 1. The van der Waals surface area contributed by atoms with Gasteiger partial charge in [0.05, 0.1) is 10.9 Å². The standard InChI is InChI=1S/C21H26N4O4S/c1-25-12-10-21(11-13-25)14-18(17-4-2-3-5-19(17)29-21)24-20(26)23-15-6-8-16(9-7-15)30(22,27)28/h2-9,18H,10-14H2,1H3,(H2,22,27,28)(H2,23,24,26). The van der Waals surface area contributed by atoms with Crippen LogP contribution in [0.5, 0.6) is 5.75 Å². The Labute approximate surface area is 176 Å². The van der Waals surface area contributed by atoms with E-state index in [9.17, 15) is 13.2 Å². The molecule has 0 aliphatic carbocycles. The van der Waals surface area contributed by atoms with Crippen LogP contribution >= 0.6 is 0 Å². The molecule has 1 saturated heterocycles. The molecule has 2 amide bonds. The summed E-state index contributed by atoms with van der Waals surface area (Å²) in [5.41, 5.74) is 1.16. The summed E-state index contributed by atoms with van der Waals surface area (Å²) in [6.07, 6.45) is 2.52. The quantitative estimate of drug-likeness (QED) is 0.692. The third kappa shape index (κ3) is 4.43. The Hall–Kier alpha value is -2.62. The first kappa shape index (κ1) is 20.6. The van der Waals surface area contributed by atoms with Crippen LogP contribution in [0.3, 0.4) is 0 Å². The number of amides is 2. The van der Waals surface area contributed by atoms with Crippen molar-refractivity contribution in [2.24, 2.45) is 5.14 Å². The van der Waals surface area contributed by atoms with Gasteiger partial charge in [-0.05, 0) is 50.2 Å². The van der Waals surface area contributed by atoms with Crippen molar-refractivity contribution in [2.45, 2.75) is 35.8 Å². The highest BCUT2D eigenvalue weighted by molar-refractivity contribution is 7.89. The van der Waals surface area contributed by atoms with Crippen molar-refractivity contribution in [3.63, 3.8) is 0 Å². The molecule has 1 atom stereocenters. The molecule has 0 saturated carbocycles. The molecular formula is C21H26N4O4S. The summed E-state index contributed by atoms with van der Waals surface area (Å²) in [5.74, 6) is 0.816. The van der Waals surface area contributed by atoms with E-state index in [2.05, 4.69) is 22.6 Å². The fraction of sp³-hybridized carbons (Fsp3) is 0.381. The van der Waals surface area contributed by atoms with Crippen molar-refractivity contribution in [1.29, 1.82) is 0 Å². The van der Waals surface area contributed by atoms with Gasteiger partial charge in [-0.15, -0.1) is 0 Å². The number of urea groups is 1. The second-order valence-electron chi connectivity index (χ2n) is 8.05. The maximum absolute atomic E-state index is 12.7. The molecule has 8 nitrogen and oxygen atoms in total. The predicted octanol–water partition coefficient (Wildman–Crippen LogP) is 2.44. The zero-order chi connectivity index (χ0) is 21.4. The third-order valence-corrected chi connectivity index (χ3v) is 6.77. The van der Waals surface area contributed by atoms with E-state index in [0.717, 1.165) is 37.2 Å². The number of likely N-dealkylation sites (tertiary alicyclic amines) is 1. The zero-order valence-corrected chi connectivity index (χ0v) is 17.6. The van der Waals surface area contributed by atoms with Gasteiger partial charge in [-0.25, -0.2) is 18.4 Å². The summed E-state index contributed by atoms with van der Waals surface area (Å²) in [5, 5.41) is 10.9. The van der Waals surface area contributed by atoms with Crippen LogP contribution in [0, 0.1) is 0 Å². The molecule has 1 unspecified atom stereocenters. The van der Waals surface area contributed by atoms with Gasteiger partial charge in [0.15, 0.2) is 0 Å². The Morgan fingerprint density at radius 2 is 1.80 bits per heavy atom. The highest BCUT2D eigenvalue weighted by Crippen LogP contribution is 2.44. The summed E-state index contributed by atoms with van der Waals surface area (Å²) >= 11 is 0. The molecule has 2 aliphatic heterocycles. The molecule has 30 heavy (non-hydrogen) atoms. The first-order valence-corrected chi connectivity index (χ1v) is 11.5. The minimum Gasteiger partial charge on any atom is -0.487 e. The van der Waals surface area contributed by atoms with E-state index < -0.39 is 10.0 Å². The summed E-state index contributed by atoms with van der Waals surface area (Å²) in [6, 6.07) is 13.0. The summed E-state index contributed by atoms with van der Waals surface area (Å²) in [4.78, 5) is 15.0. The minimum absolute atomic E-state index is 0.00368. The number of carbonyl (C=O) groups excluding carboxylic acids is 1. The largest absolute Gasteiger partial charge is 0.487 e. The smallest absolute Gasteiger partial charge is 0.319 e. The molecule has 4 rings (SSSR count). The lowest BCUT2D eigenvalue weighted by atomic mass is 9.80. The maximum atomic E-state index is 12.7. The first-order valence-electron chi connectivity index (χ1n) is 9.91. The lowest BCUT2D eigenvalue weighted by molar-refractivity contribution is -0.0188. The number of rotatable bonds is 3. The third-order valence-electron chi connectivity index (χ3n) is 5.84. The Bertz CT molecular complexity index is 1030. The van der Waals surface area contributed by atoms with Crippen LogP contribution in [0.15, 0.2) is 53.4 Å². The van der Waals surface area contributed by atoms with Gasteiger partial charge in [0.2, 0.25) is 10.0 Å². The van der Waals surface area contributed by atoms with E-state index in [-0.39, 0.29) is 22.6 Å². The van der Waals surface area contributed by atoms with Crippen molar-refractivity contribution in [1.82, 2.24) is 10.2 Å². The van der Waals surface area contributed by atoms with Crippen molar-refractivity contribution in [2.75, 3.05) is 25.5 Å². The number of nitrogens with one attached hydrogen (secondary N) is 2. The average molecular weight is 431 g/mol. The van der Waals surface area contributed by atoms with Gasteiger partial charge in [0.25, 0.3) is 0 Å². The number of para-hydroxylation sites is 1.